The number of rotatable bonds is 3. The highest BCUT2D eigenvalue weighted by atomic mass is 16.5. The Morgan fingerprint density at radius 3 is 2.34 bits per heavy atom. The number of hydrogen-bond acceptors (Lipinski definition) is 7. The Kier molecular flexibility index (Phi) is 6.71. The summed E-state index contributed by atoms with van der Waals surface area (Å²) in [5.41, 5.74) is 5.56. The summed E-state index contributed by atoms with van der Waals surface area (Å²) in [5, 5.41) is 43.8. The monoisotopic (exact) mass is 493 g/mol. The Morgan fingerprint density at radius 2 is 1.66 bits per heavy atom. The molecule has 0 amide bonds. The van der Waals surface area contributed by atoms with Gasteiger partial charge in [0.1, 0.15) is 5.78 Å². The second-order valence-electron chi connectivity index (χ2n) is 13.5. The standard InChI is InChI=1S/C28H47NO6/c1-13(20-11-15(14(2)29)7-10-35-20)17-12-19(31)22-21-16(5-8-28(17,22)4)27(3)9-6-18(30)24(32)23(27)26(34)25(21)33/h13-18,20-26,30,32-34H,5-12,29H2,1-4H3/t13-,14?,15?,16-,17+,18+,20?,21+,22+,23+,24-,25+,26+,27+,28+/m0/s1. The van der Waals surface area contributed by atoms with Gasteiger partial charge >= 0.3 is 0 Å². The Labute approximate surface area is 209 Å². The average molecular weight is 494 g/mol. The molecule has 1 aliphatic heterocycles. The number of Topliss-reactive ketones (excluding diaryl/α,β-unsaturated/α-hetero) is 1. The van der Waals surface area contributed by atoms with Crippen LogP contribution >= 0.6 is 0 Å². The third-order valence-electron chi connectivity index (χ3n) is 12.0. The van der Waals surface area contributed by atoms with Gasteiger partial charge in [0.15, 0.2) is 0 Å². The fraction of sp³-hybridized carbons (Fsp3) is 0.964. The minimum Gasteiger partial charge on any atom is -0.390 e. The number of ketones is 1. The maximum Gasteiger partial charge on any atom is 0.137 e. The van der Waals surface area contributed by atoms with Gasteiger partial charge in [-0.1, -0.05) is 20.8 Å². The number of nitrogens with two attached hydrogens (primary N) is 1. The zero-order chi connectivity index (χ0) is 25.4. The van der Waals surface area contributed by atoms with E-state index in [1.54, 1.807) is 0 Å². The van der Waals surface area contributed by atoms with Crippen LogP contribution in [0, 0.1) is 52.3 Å². The lowest BCUT2D eigenvalue weighted by Crippen LogP contribution is -2.68. The molecule has 7 heteroatoms. The normalized spacial score (nSPS) is 56.0. The highest BCUT2D eigenvalue weighted by Crippen LogP contribution is 2.67. The molecule has 0 spiro atoms. The molecule has 0 aromatic carbocycles. The fourth-order valence-electron chi connectivity index (χ4n) is 9.90. The number of hydrogen-bond donors (Lipinski definition) is 5. The minimum absolute atomic E-state index is 0.0394. The topological polar surface area (TPSA) is 133 Å². The molecule has 5 fully saturated rings. The lowest BCUT2D eigenvalue weighted by atomic mass is 9.42. The van der Waals surface area contributed by atoms with Crippen molar-refractivity contribution in [2.75, 3.05) is 6.61 Å². The van der Waals surface area contributed by atoms with E-state index in [9.17, 15) is 25.2 Å². The molecule has 1 saturated heterocycles. The minimum atomic E-state index is -1.15. The van der Waals surface area contributed by atoms with Crippen LogP contribution in [0.5, 0.6) is 0 Å². The predicted molar refractivity (Wildman–Crippen MR) is 131 cm³/mol. The van der Waals surface area contributed by atoms with Crippen LogP contribution in [0.1, 0.15) is 72.6 Å². The van der Waals surface area contributed by atoms with Gasteiger partial charge in [0, 0.05) is 36.8 Å². The van der Waals surface area contributed by atoms with Gasteiger partial charge in [0.05, 0.1) is 30.5 Å². The molecule has 0 bridgehead atoms. The molecule has 200 valence electrons. The van der Waals surface area contributed by atoms with Gasteiger partial charge in [-0.3, -0.25) is 4.79 Å². The molecule has 4 aliphatic carbocycles. The van der Waals surface area contributed by atoms with Crippen molar-refractivity contribution < 1.29 is 30.0 Å². The van der Waals surface area contributed by atoms with E-state index in [0.717, 1.165) is 25.7 Å². The SMILES string of the molecule is CC(N)C1CCOC([C@@H](C)[C@H]2CC(=O)[C@@H]3[C@@H]4[C@@H](O)[C@H](O)[C@H]5[C@@H](O)[C@H](O)CC[C@]5(C)[C@H]4CC[C@]23C)C1. The van der Waals surface area contributed by atoms with Crippen LogP contribution in [0.25, 0.3) is 0 Å². The van der Waals surface area contributed by atoms with E-state index in [-0.39, 0.29) is 52.9 Å². The number of fused-ring (bicyclic) bond motifs is 5. The number of carbonyl (C=O) groups excluding carboxylic acids is 1. The van der Waals surface area contributed by atoms with Crippen molar-refractivity contribution in [2.24, 2.45) is 58.0 Å². The molecule has 15 atom stereocenters. The van der Waals surface area contributed by atoms with Gasteiger partial charge in [-0.15, -0.1) is 0 Å². The van der Waals surface area contributed by atoms with Crippen molar-refractivity contribution in [1.29, 1.82) is 0 Å². The maximum atomic E-state index is 13.7. The zero-order valence-electron chi connectivity index (χ0n) is 21.8. The average Bonchev–Trinajstić information content (AvgIpc) is 3.10. The van der Waals surface area contributed by atoms with Crippen molar-refractivity contribution in [1.82, 2.24) is 0 Å². The summed E-state index contributed by atoms with van der Waals surface area (Å²) >= 11 is 0. The molecule has 5 rings (SSSR count). The van der Waals surface area contributed by atoms with E-state index < -0.39 is 35.7 Å². The van der Waals surface area contributed by atoms with Crippen molar-refractivity contribution in [3.05, 3.63) is 0 Å². The van der Waals surface area contributed by atoms with Gasteiger partial charge in [-0.05, 0) is 80.0 Å². The summed E-state index contributed by atoms with van der Waals surface area (Å²) in [5.74, 6) is -0.120. The summed E-state index contributed by atoms with van der Waals surface area (Å²) in [6, 6.07) is 0.134. The van der Waals surface area contributed by atoms with E-state index in [0.29, 0.717) is 31.8 Å². The number of carbonyl (C=O) groups is 1. The molecular weight excluding hydrogens is 446 g/mol. The summed E-state index contributed by atoms with van der Waals surface area (Å²) in [6.07, 6.45) is 1.27. The first-order valence-electron chi connectivity index (χ1n) is 14.0. The second-order valence-corrected chi connectivity index (χ2v) is 13.5. The van der Waals surface area contributed by atoms with E-state index in [2.05, 4.69) is 27.7 Å². The van der Waals surface area contributed by atoms with Gasteiger partial charge in [0.2, 0.25) is 0 Å². The van der Waals surface area contributed by atoms with E-state index in [1.807, 2.05) is 0 Å². The Bertz CT molecular complexity index is 821. The van der Waals surface area contributed by atoms with Crippen LogP contribution in [0.3, 0.4) is 0 Å². The predicted octanol–water partition coefficient (Wildman–Crippen LogP) is 1.88. The largest absolute Gasteiger partial charge is 0.390 e. The highest BCUT2D eigenvalue weighted by molar-refractivity contribution is 5.85. The Balaban J connectivity index is 1.43. The highest BCUT2D eigenvalue weighted by Gasteiger charge is 2.69. The maximum absolute atomic E-state index is 13.7. The third kappa shape index (κ3) is 3.78. The molecule has 35 heavy (non-hydrogen) atoms. The summed E-state index contributed by atoms with van der Waals surface area (Å²) in [6.45, 7) is 9.35. The molecule has 7 nitrogen and oxygen atoms in total. The van der Waals surface area contributed by atoms with Crippen LogP contribution in [-0.2, 0) is 9.53 Å². The van der Waals surface area contributed by atoms with Crippen LogP contribution in [-0.4, -0.2) is 69.4 Å². The van der Waals surface area contributed by atoms with Gasteiger partial charge in [0.25, 0.3) is 0 Å². The Hall–Kier alpha value is -0.570. The van der Waals surface area contributed by atoms with Crippen molar-refractivity contribution >= 4 is 5.78 Å². The first-order chi connectivity index (χ1) is 16.4. The number of ether oxygens (including phenoxy) is 1. The van der Waals surface area contributed by atoms with Gasteiger partial charge in [-0.2, -0.15) is 0 Å². The van der Waals surface area contributed by atoms with Crippen molar-refractivity contribution in [2.45, 2.75) is 109 Å². The molecule has 3 unspecified atom stereocenters. The van der Waals surface area contributed by atoms with Crippen LogP contribution in [0.15, 0.2) is 0 Å². The van der Waals surface area contributed by atoms with E-state index >= 15 is 0 Å². The molecule has 1 heterocycles. The van der Waals surface area contributed by atoms with Crippen molar-refractivity contribution in [3.8, 4) is 0 Å². The lowest BCUT2D eigenvalue weighted by Gasteiger charge is -2.64. The smallest absolute Gasteiger partial charge is 0.137 e. The molecule has 5 aliphatic rings. The molecule has 6 N–H and O–H groups in total. The molecule has 0 radical (unpaired) electrons. The number of aliphatic hydroxyl groups excluding tert-OH is 4. The molecule has 0 aromatic heterocycles. The first kappa shape index (κ1) is 26.1. The summed E-state index contributed by atoms with van der Waals surface area (Å²) in [4.78, 5) is 13.7. The quantitative estimate of drug-likeness (QED) is 0.405. The molecule has 0 aromatic rings. The van der Waals surface area contributed by atoms with Crippen LogP contribution < -0.4 is 5.73 Å². The second kappa shape index (κ2) is 9.02. The fourth-order valence-corrected chi connectivity index (χ4v) is 9.90. The van der Waals surface area contributed by atoms with Crippen LogP contribution in [0.4, 0.5) is 0 Å². The van der Waals surface area contributed by atoms with Crippen molar-refractivity contribution in [3.63, 3.8) is 0 Å². The van der Waals surface area contributed by atoms with Crippen LogP contribution in [0.2, 0.25) is 0 Å². The Morgan fingerprint density at radius 1 is 0.971 bits per heavy atom. The lowest BCUT2D eigenvalue weighted by molar-refractivity contribution is -0.250. The van der Waals surface area contributed by atoms with E-state index in [4.69, 9.17) is 10.5 Å². The summed E-state index contributed by atoms with van der Waals surface area (Å²) in [7, 11) is 0. The van der Waals surface area contributed by atoms with Gasteiger partial charge in [-0.25, -0.2) is 0 Å². The summed E-state index contributed by atoms with van der Waals surface area (Å²) < 4.78 is 6.24. The van der Waals surface area contributed by atoms with Gasteiger partial charge < -0.3 is 30.9 Å². The molecular formula is C28H47NO6. The zero-order valence-corrected chi connectivity index (χ0v) is 21.8. The first-order valence-corrected chi connectivity index (χ1v) is 14.0. The molecule has 4 saturated carbocycles. The number of aliphatic hydroxyl groups is 4. The third-order valence-corrected chi connectivity index (χ3v) is 12.0. The van der Waals surface area contributed by atoms with E-state index in [1.165, 1.54) is 0 Å².